The standard InChI is InChI=1S/C15H18N4O2/c1-2-13-16-17-14-9-18(5-6-19(13)14)15(20)11-8-10(11)12-4-3-7-21-12/h3-4,7,10-11H,2,5-6,8-9H2,1H3/t10-,11-/m1/s1. The molecule has 1 fully saturated rings. The lowest BCUT2D eigenvalue weighted by Crippen LogP contribution is -2.39. The highest BCUT2D eigenvalue weighted by molar-refractivity contribution is 5.82. The Morgan fingerprint density at radius 2 is 2.33 bits per heavy atom. The van der Waals surface area contributed by atoms with E-state index in [9.17, 15) is 4.79 Å². The van der Waals surface area contributed by atoms with Crippen LogP contribution in [0.4, 0.5) is 0 Å². The maximum Gasteiger partial charge on any atom is 0.226 e. The number of aromatic nitrogens is 3. The topological polar surface area (TPSA) is 64.2 Å². The molecule has 3 heterocycles. The number of aryl methyl sites for hydroxylation is 1. The molecule has 0 unspecified atom stereocenters. The second-order valence-corrected chi connectivity index (χ2v) is 5.76. The number of hydrogen-bond acceptors (Lipinski definition) is 4. The van der Waals surface area contributed by atoms with Crippen molar-refractivity contribution in [3.63, 3.8) is 0 Å². The molecule has 0 saturated heterocycles. The van der Waals surface area contributed by atoms with Crippen molar-refractivity contribution in [3.05, 3.63) is 35.8 Å². The number of hydrogen-bond donors (Lipinski definition) is 0. The minimum absolute atomic E-state index is 0.0799. The highest BCUT2D eigenvalue weighted by atomic mass is 16.3. The van der Waals surface area contributed by atoms with Gasteiger partial charge in [-0.3, -0.25) is 4.79 Å². The van der Waals surface area contributed by atoms with Gasteiger partial charge in [-0.2, -0.15) is 0 Å². The Bertz CT molecular complexity index is 661. The Balaban J connectivity index is 1.45. The van der Waals surface area contributed by atoms with Gasteiger partial charge in [0, 0.05) is 31.3 Å². The quantitative estimate of drug-likeness (QED) is 0.859. The van der Waals surface area contributed by atoms with Crippen LogP contribution < -0.4 is 0 Å². The van der Waals surface area contributed by atoms with Crippen LogP contribution in [-0.4, -0.2) is 32.1 Å². The average Bonchev–Trinajstić information content (AvgIpc) is 2.96. The van der Waals surface area contributed by atoms with Crippen molar-refractivity contribution in [2.45, 2.75) is 38.8 Å². The summed E-state index contributed by atoms with van der Waals surface area (Å²) in [7, 11) is 0. The summed E-state index contributed by atoms with van der Waals surface area (Å²) in [6, 6.07) is 3.84. The largest absolute Gasteiger partial charge is 0.469 e. The van der Waals surface area contributed by atoms with Crippen LogP contribution in [0.1, 0.15) is 36.7 Å². The van der Waals surface area contributed by atoms with E-state index in [1.807, 2.05) is 17.0 Å². The highest BCUT2D eigenvalue weighted by Gasteiger charge is 2.48. The lowest BCUT2D eigenvalue weighted by atomic mass is 10.2. The van der Waals surface area contributed by atoms with E-state index in [4.69, 9.17) is 4.42 Å². The van der Waals surface area contributed by atoms with Gasteiger partial charge in [-0.05, 0) is 18.6 Å². The first kappa shape index (κ1) is 12.6. The molecular weight excluding hydrogens is 268 g/mol. The molecule has 0 radical (unpaired) electrons. The molecule has 110 valence electrons. The van der Waals surface area contributed by atoms with E-state index in [0.717, 1.165) is 43.3 Å². The smallest absolute Gasteiger partial charge is 0.226 e. The Morgan fingerprint density at radius 3 is 3.10 bits per heavy atom. The Labute approximate surface area is 122 Å². The van der Waals surface area contributed by atoms with Crippen LogP contribution in [0.5, 0.6) is 0 Å². The molecule has 1 amide bonds. The highest BCUT2D eigenvalue weighted by Crippen LogP contribution is 2.48. The first-order valence-corrected chi connectivity index (χ1v) is 7.51. The van der Waals surface area contributed by atoms with E-state index >= 15 is 0 Å². The van der Waals surface area contributed by atoms with Gasteiger partial charge in [-0.25, -0.2) is 0 Å². The van der Waals surface area contributed by atoms with Crippen LogP contribution in [0.2, 0.25) is 0 Å². The van der Waals surface area contributed by atoms with Crippen molar-refractivity contribution < 1.29 is 9.21 Å². The molecule has 0 bridgehead atoms. The summed E-state index contributed by atoms with van der Waals surface area (Å²) in [6.07, 6.45) is 3.45. The third-order valence-corrected chi connectivity index (χ3v) is 4.47. The lowest BCUT2D eigenvalue weighted by Gasteiger charge is -2.28. The van der Waals surface area contributed by atoms with Gasteiger partial charge in [-0.15, -0.1) is 10.2 Å². The van der Waals surface area contributed by atoms with E-state index in [0.29, 0.717) is 6.54 Å². The molecule has 0 spiro atoms. The summed E-state index contributed by atoms with van der Waals surface area (Å²) >= 11 is 0. The molecule has 1 aliphatic carbocycles. The average molecular weight is 286 g/mol. The van der Waals surface area contributed by atoms with Gasteiger partial charge in [0.15, 0.2) is 5.82 Å². The molecule has 6 nitrogen and oxygen atoms in total. The van der Waals surface area contributed by atoms with Crippen LogP contribution in [0, 0.1) is 5.92 Å². The molecule has 2 atom stereocenters. The number of fused-ring (bicyclic) bond motifs is 1. The minimum Gasteiger partial charge on any atom is -0.469 e. The summed E-state index contributed by atoms with van der Waals surface area (Å²) in [6.45, 7) is 4.20. The van der Waals surface area contributed by atoms with Gasteiger partial charge < -0.3 is 13.9 Å². The summed E-state index contributed by atoms with van der Waals surface area (Å²) in [5.41, 5.74) is 0. The van der Waals surface area contributed by atoms with Gasteiger partial charge >= 0.3 is 0 Å². The van der Waals surface area contributed by atoms with Crippen LogP contribution >= 0.6 is 0 Å². The van der Waals surface area contributed by atoms with Gasteiger partial charge in [0.1, 0.15) is 11.6 Å². The molecule has 0 aromatic carbocycles. The fraction of sp³-hybridized carbons (Fsp3) is 0.533. The predicted octanol–water partition coefficient (Wildman–Crippen LogP) is 1.58. The molecule has 2 aliphatic rings. The van der Waals surface area contributed by atoms with Gasteiger partial charge in [0.2, 0.25) is 5.91 Å². The second-order valence-electron chi connectivity index (χ2n) is 5.76. The molecular formula is C15H18N4O2. The molecule has 1 saturated carbocycles. The summed E-state index contributed by atoms with van der Waals surface area (Å²) < 4.78 is 7.54. The van der Waals surface area contributed by atoms with Crippen molar-refractivity contribution in [1.29, 1.82) is 0 Å². The van der Waals surface area contributed by atoms with Gasteiger partial charge in [0.05, 0.1) is 12.8 Å². The molecule has 1 aliphatic heterocycles. The lowest BCUT2D eigenvalue weighted by molar-refractivity contribution is -0.134. The number of amides is 1. The van der Waals surface area contributed by atoms with E-state index in [1.54, 1.807) is 6.26 Å². The summed E-state index contributed by atoms with van der Waals surface area (Å²) in [5, 5.41) is 8.40. The zero-order chi connectivity index (χ0) is 14.4. The molecule has 2 aromatic rings. The number of rotatable bonds is 3. The maximum absolute atomic E-state index is 12.6. The second kappa shape index (κ2) is 4.72. The third kappa shape index (κ3) is 2.05. The van der Waals surface area contributed by atoms with Crippen molar-refractivity contribution >= 4 is 5.91 Å². The first-order chi connectivity index (χ1) is 10.3. The van der Waals surface area contributed by atoms with Crippen LogP contribution in [0.15, 0.2) is 22.8 Å². The van der Waals surface area contributed by atoms with E-state index in [2.05, 4.69) is 21.7 Å². The van der Waals surface area contributed by atoms with Gasteiger partial charge in [-0.1, -0.05) is 6.92 Å². The number of carbonyl (C=O) groups is 1. The minimum atomic E-state index is 0.0799. The van der Waals surface area contributed by atoms with Crippen molar-refractivity contribution in [3.8, 4) is 0 Å². The first-order valence-electron chi connectivity index (χ1n) is 7.51. The monoisotopic (exact) mass is 286 g/mol. The summed E-state index contributed by atoms with van der Waals surface area (Å²) in [5.74, 6) is 3.42. The van der Waals surface area contributed by atoms with E-state index in [1.165, 1.54) is 0 Å². The maximum atomic E-state index is 12.6. The Kier molecular flexibility index (Phi) is 2.83. The normalized spacial score (nSPS) is 24.0. The van der Waals surface area contributed by atoms with Crippen molar-refractivity contribution in [2.75, 3.05) is 6.54 Å². The van der Waals surface area contributed by atoms with Crippen molar-refractivity contribution in [1.82, 2.24) is 19.7 Å². The Morgan fingerprint density at radius 1 is 1.43 bits per heavy atom. The predicted molar refractivity (Wildman–Crippen MR) is 74.4 cm³/mol. The van der Waals surface area contributed by atoms with Crippen LogP contribution in [-0.2, 0) is 24.3 Å². The van der Waals surface area contributed by atoms with Gasteiger partial charge in [0.25, 0.3) is 0 Å². The fourth-order valence-corrected chi connectivity index (χ4v) is 3.19. The van der Waals surface area contributed by atoms with E-state index in [-0.39, 0.29) is 17.7 Å². The van der Waals surface area contributed by atoms with Crippen molar-refractivity contribution in [2.24, 2.45) is 5.92 Å². The molecule has 6 heteroatoms. The number of carbonyl (C=O) groups excluding carboxylic acids is 1. The summed E-state index contributed by atoms with van der Waals surface area (Å²) in [4.78, 5) is 14.5. The SMILES string of the molecule is CCc1nnc2n1CCN(C(=O)[C@@H]1C[C@H]1c1ccco1)C2. The molecule has 21 heavy (non-hydrogen) atoms. The van der Waals surface area contributed by atoms with Crippen LogP contribution in [0.3, 0.4) is 0 Å². The third-order valence-electron chi connectivity index (χ3n) is 4.47. The van der Waals surface area contributed by atoms with E-state index < -0.39 is 0 Å². The zero-order valence-corrected chi connectivity index (χ0v) is 12.0. The zero-order valence-electron chi connectivity index (χ0n) is 12.0. The number of nitrogens with zero attached hydrogens (tertiary/aromatic N) is 4. The molecule has 4 rings (SSSR count). The molecule has 0 N–H and O–H groups in total. The molecule has 2 aromatic heterocycles. The number of furan rings is 1. The fourth-order valence-electron chi connectivity index (χ4n) is 3.19. The Hall–Kier alpha value is -2.11. The van der Waals surface area contributed by atoms with Crippen LogP contribution in [0.25, 0.3) is 0 Å².